The number of aromatic nitrogens is 2. The van der Waals surface area contributed by atoms with Crippen LogP contribution in [0.3, 0.4) is 0 Å². The van der Waals surface area contributed by atoms with Gasteiger partial charge < -0.3 is 4.74 Å². The van der Waals surface area contributed by atoms with Crippen LogP contribution >= 0.6 is 0 Å². The zero-order valence-electron chi connectivity index (χ0n) is 13.1. The maximum Gasteiger partial charge on any atom is 0.0593 e. The largest absolute Gasteiger partial charge is 0.380 e. The molecule has 114 valence electrons. The minimum Gasteiger partial charge on any atom is -0.380 e. The average molecular weight is 280 g/mol. The van der Waals surface area contributed by atoms with Gasteiger partial charge in [0.15, 0.2) is 0 Å². The summed E-state index contributed by atoms with van der Waals surface area (Å²) in [5.41, 5.74) is 1.31. The lowest BCUT2D eigenvalue weighted by molar-refractivity contribution is 0.0385. The van der Waals surface area contributed by atoms with Gasteiger partial charge in [-0.3, -0.25) is 14.5 Å². The molecule has 0 spiro atoms. The molecule has 0 bridgehead atoms. The van der Waals surface area contributed by atoms with Gasteiger partial charge in [-0.2, -0.15) is 5.10 Å². The Morgan fingerprint density at radius 2 is 2.20 bits per heavy atom. The smallest absolute Gasteiger partial charge is 0.0593 e. The first-order valence-corrected chi connectivity index (χ1v) is 7.74. The highest BCUT2D eigenvalue weighted by molar-refractivity contribution is 5.03. The molecular formula is C15H28N4O. The lowest BCUT2D eigenvalue weighted by Gasteiger charge is -2.41. The summed E-state index contributed by atoms with van der Waals surface area (Å²) in [4.78, 5) is 5.12. The van der Waals surface area contributed by atoms with Crippen molar-refractivity contribution >= 4 is 0 Å². The van der Waals surface area contributed by atoms with Crippen molar-refractivity contribution in [2.24, 2.45) is 7.05 Å². The van der Waals surface area contributed by atoms with Crippen molar-refractivity contribution in [2.75, 3.05) is 39.4 Å². The summed E-state index contributed by atoms with van der Waals surface area (Å²) >= 11 is 0. The van der Waals surface area contributed by atoms with Crippen LogP contribution in [0.4, 0.5) is 0 Å². The number of nitrogens with zero attached hydrogens (tertiary/aromatic N) is 4. The van der Waals surface area contributed by atoms with Crippen LogP contribution in [0.1, 0.15) is 25.8 Å². The van der Waals surface area contributed by atoms with E-state index >= 15 is 0 Å². The molecule has 1 aliphatic rings. The topological polar surface area (TPSA) is 33.5 Å². The molecule has 0 aliphatic carbocycles. The summed E-state index contributed by atoms with van der Waals surface area (Å²) in [5.74, 6) is 0. The number of hydrogen-bond donors (Lipinski definition) is 0. The standard InChI is InChI=1S/C15H28N4O/c1-4-15-13-18(12-14-10-16-17(3)11-14)6-7-19(15)8-9-20-5-2/h10-11,15H,4-9,12-13H2,1-3H3. The van der Waals surface area contributed by atoms with Crippen molar-refractivity contribution in [3.63, 3.8) is 0 Å². The van der Waals surface area contributed by atoms with E-state index in [-0.39, 0.29) is 0 Å². The first-order chi connectivity index (χ1) is 9.72. The summed E-state index contributed by atoms with van der Waals surface area (Å²) < 4.78 is 7.37. The van der Waals surface area contributed by atoms with Crippen LogP contribution in [0.25, 0.3) is 0 Å². The van der Waals surface area contributed by atoms with Crippen molar-refractivity contribution in [1.82, 2.24) is 19.6 Å². The van der Waals surface area contributed by atoms with Crippen LogP contribution in [-0.4, -0.2) is 65.0 Å². The van der Waals surface area contributed by atoms with Gasteiger partial charge in [0, 0.05) is 64.2 Å². The molecule has 0 N–H and O–H groups in total. The SMILES string of the molecule is CCOCCN1CCN(Cc2cnn(C)c2)CC1CC. The van der Waals surface area contributed by atoms with E-state index in [0.29, 0.717) is 6.04 Å². The average Bonchev–Trinajstić information content (AvgIpc) is 2.85. The molecule has 1 fully saturated rings. The Morgan fingerprint density at radius 1 is 1.35 bits per heavy atom. The summed E-state index contributed by atoms with van der Waals surface area (Å²) in [6.45, 7) is 11.5. The van der Waals surface area contributed by atoms with E-state index < -0.39 is 0 Å². The third kappa shape index (κ3) is 4.30. The van der Waals surface area contributed by atoms with E-state index in [4.69, 9.17) is 4.74 Å². The number of rotatable bonds is 7. The summed E-state index contributed by atoms with van der Waals surface area (Å²) in [7, 11) is 1.98. The second-order valence-corrected chi connectivity index (χ2v) is 5.55. The van der Waals surface area contributed by atoms with E-state index in [1.54, 1.807) is 0 Å². The predicted molar refractivity (Wildman–Crippen MR) is 80.6 cm³/mol. The van der Waals surface area contributed by atoms with E-state index in [1.165, 1.54) is 12.0 Å². The molecule has 2 heterocycles. The second-order valence-electron chi connectivity index (χ2n) is 5.55. The van der Waals surface area contributed by atoms with Gasteiger partial charge in [-0.15, -0.1) is 0 Å². The van der Waals surface area contributed by atoms with Gasteiger partial charge in [-0.1, -0.05) is 6.92 Å². The zero-order valence-corrected chi connectivity index (χ0v) is 13.1. The fourth-order valence-electron chi connectivity index (χ4n) is 2.92. The van der Waals surface area contributed by atoms with Gasteiger partial charge in [0.05, 0.1) is 12.8 Å². The van der Waals surface area contributed by atoms with Gasteiger partial charge in [0.2, 0.25) is 0 Å². The van der Waals surface area contributed by atoms with Gasteiger partial charge in [-0.05, 0) is 13.3 Å². The van der Waals surface area contributed by atoms with Crippen LogP contribution in [0.2, 0.25) is 0 Å². The van der Waals surface area contributed by atoms with Crippen molar-refractivity contribution in [3.8, 4) is 0 Å². The Balaban J connectivity index is 1.81. The van der Waals surface area contributed by atoms with Crippen LogP contribution in [0, 0.1) is 0 Å². The molecule has 1 aromatic rings. The molecule has 1 atom stereocenters. The third-order valence-electron chi connectivity index (χ3n) is 4.05. The molecular weight excluding hydrogens is 252 g/mol. The molecule has 5 nitrogen and oxygen atoms in total. The first-order valence-electron chi connectivity index (χ1n) is 7.74. The molecule has 1 aromatic heterocycles. The Kier molecular flexibility index (Phi) is 6.01. The number of hydrogen-bond acceptors (Lipinski definition) is 4. The van der Waals surface area contributed by atoms with E-state index in [2.05, 4.69) is 34.9 Å². The lowest BCUT2D eigenvalue weighted by Crippen LogP contribution is -2.53. The maximum absolute atomic E-state index is 5.49. The summed E-state index contributed by atoms with van der Waals surface area (Å²) in [5, 5.41) is 4.25. The van der Waals surface area contributed by atoms with E-state index in [1.807, 2.05) is 17.9 Å². The fourth-order valence-corrected chi connectivity index (χ4v) is 2.92. The predicted octanol–water partition coefficient (Wildman–Crippen LogP) is 1.35. The Morgan fingerprint density at radius 3 is 2.85 bits per heavy atom. The van der Waals surface area contributed by atoms with Gasteiger partial charge in [0.1, 0.15) is 0 Å². The second kappa shape index (κ2) is 7.76. The van der Waals surface area contributed by atoms with Crippen LogP contribution < -0.4 is 0 Å². The van der Waals surface area contributed by atoms with Crippen molar-refractivity contribution < 1.29 is 4.74 Å². The molecule has 20 heavy (non-hydrogen) atoms. The zero-order chi connectivity index (χ0) is 14.4. The number of piperazine rings is 1. The molecule has 0 aromatic carbocycles. The molecule has 0 saturated carbocycles. The highest BCUT2D eigenvalue weighted by atomic mass is 16.5. The fraction of sp³-hybridized carbons (Fsp3) is 0.800. The van der Waals surface area contributed by atoms with Crippen molar-refractivity contribution in [3.05, 3.63) is 18.0 Å². The minimum atomic E-state index is 0.654. The van der Waals surface area contributed by atoms with Gasteiger partial charge in [-0.25, -0.2) is 0 Å². The van der Waals surface area contributed by atoms with Crippen molar-refractivity contribution in [1.29, 1.82) is 0 Å². The Bertz CT molecular complexity index is 393. The normalized spacial score (nSPS) is 21.4. The number of ether oxygens (including phenoxy) is 1. The molecule has 0 amide bonds. The third-order valence-corrected chi connectivity index (χ3v) is 4.05. The highest BCUT2D eigenvalue weighted by Gasteiger charge is 2.25. The summed E-state index contributed by atoms with van der Waals surface area (Å²) in [6.07, 6.45) is 5.29. The van der Waals surface area contributed by atoms with Gasteiger partial charge in [0.25, 0.3) is 0 Å². The Hall–Kier alpha value is -0.910. The molecule has 5 heteroatoms. The molecule has 0 radical (unpaired) electrons. The lowest BCUT2D eigenvalue weighted by atomic mass is 10.1. The van der Waals surface area contributed by atoms with Crippen LogP contribution in [0.15, 0.2) is 12.4 Å². The quantitative estimate of drug-likeness (QED) is 0.706. The number of aryl methyl sites for hydroxylation is 1. The monoisotopic (exact) mass is 280 g/mol. The molecule has 1 saturated heterocycles. The highest BCUT2D eigenvalue weighted by Crippen LogP contribution is 2.15. The van der Waals surface area contributed by atoms with E-state index in [9.17, 15) is 0 Å². The molecule has 1 unspecified atom stereocenters. The van der Waals surface area contributed by atoms with Crippen LogP contribution in [-0.2, 0) is 18.3 Å². The minimum absolute atomic E-state index is 0.654. The summed E-state index contributed by atoms with van der Waals surface area (Å²) in [6, 6.07) is 0.654. The van der Waals surface area contributed by atoms with Crippen molar-refractivity contribution in [2.45, 2.75) is 32.9 Å². The van der Waals surface area contributed by atoms with Crippen LogP contribution in [0.5, 0.6) is 0 Å². The first kappa shape index (κ1) is 15.5. The molecule has 1 aliphatic heterocycles. The maximum atomic E-state index is 5.49. The molecule has 2 rings (SSSR count). The van der Waals surface area contributed by atoms with E-state index in [0.717, 1.165) is 45.9 Å². The van der Waals surface area contributed by atoms with Gasteiger partial charge >= 0.3 is 0 Å². The Labute approximate surface area is 122 Å².